The molecule has 0 unspecified atom stereocenters. The van der Waals surface area contributed by atoms with Crippen LogP contribution in [0, 0.1) is 0 Å². The summed E-state index contributed by atoms with van der Waals surface area (Å²) in [5.74, 6) is -0.236. The predicted octanol–water partition coefficient (Wildman–Crippen LogP) is 2.30. The minimum absolute atomic E-state index is 0.0737. The number of hydrogen-bond donors (Lipinski definition) is 2. The average molecular weight is 288 g/mol. The highest BCUT2D eigenvalue weighted by atomic mass is 32.1. The molecule has 3 rings (SSSR count). The van der Waals surface area contributed by atoms with E-state index in [0.717, 1.165) is 22.9 Å². The van der Waals surface area contributed by atoms with E-state index in [2.05, 4.69) is 10.6 Å². The van der Waals surface area contributed by atoms with E-state index in [4.69, 9.17) is 0 Å². The Labute approximate surface area is 121 Å². The summed E-state index contributed by atoms with van der Waals surface area (Å²) in [4.78, 5) is 24.2. The van der Waals surface area contributed by atoms with Crippen LogP contribution >= 0.6 is 11.3 Å². The summed E-state index contributed by atoms with van der Waals surface area (Å²) in [5, 5.41) is 8.49. The Morgan fingerprint density at radius 2 is 2.15 bits per heavy atom. The van der Waals surface area contributed by atoms with Gasteiger partial charge in [0.15, 0.2) is 0 Å². The third kappa shape index (κ3) is 2.54. The standard InChI is InChI=1S/C15H16N2O2S/c18-14(17-12-6-3-4-8-16-15(12)19)11-9-20-13-7-2-1-5-10(11)13/h1-2,5,7,9,12H,3-4,6,8H2,(H,16,19)(H,17,18)/t12-/m1/s1. The number of nitrogens with one attached hydrogen (secondary N) is 2. The second-order valence-corrected chi connectivity index (χ2v) is 5.87. The molecule has 0 spiro atoms. The van der Waals surface area contributed by atoms with Crippen LogP contribution in [-0.2, 0) is 4.79 Å². The molecule has 0 aliphatic carbocycles. The van der Waals surface area contributed by atoms with Crippen molar-refractivity contribution in [1.29, 1.82) is 0 Å². The van der Waals surface area contributed by atoms with Crippen molar-refractivity contribution in [2.24, 2.45) is 0 Å². The van der Waals surface area contributed by atoms with Crippen LogP contribution < -0.4 is 10.6 Å². The van der Waals surface area contributed by atoms with Gasteiger partial charge >= 0.3 is 0 Å². The zero-order valence-corrected chi connectivity index (χ0v) is 11.8. The maximum absolute atomic E-state index is 12.4. The molecule has 4 nitrogen and oxygen atoms in total. The first-order chi connectivity index (χ1) is 9.75. The van der Waals surface area contributed by atoms with Crippen molar-refractivity contribution in [3.05, 3.63) is 35.2 Å². The van der Waals surface area contributed by atoms with Crippen LogP contribution in [0.1, 0.15) is 29.6 Å². The fourth-order valence-electron chi connectivity index (χ4n) is 2.47. The third-order valence-corrected chi connectivity index (χ3v) is 4.53. The number of hydrogen-bond acceptors (Lipinski definition) is 3. The Morgan fingerprint density at radius 1 is 1.30 bits per heavy atom. The van der Waals surface area contributed by atoms with E-state index < -0.39 is 6.04 Å². The van der Waals surface area contributed by atoms with Gasteiger partial charge in [-0.3, -0.25) is 9.59 Å². The number of carbonyl (C=O) groups excluding carboxylic acids is 2. The molecule has 1 aromatic heterocycles. The maximum atomic E-state index is 12.4. The third-order valence-electron chi connectivity index (χ3n) is 3.57. The van der Waals surface area contributed by atoms with Gasteiger partial charge in [0, 0.05) is 22.0 Å². The molecule has 0 radical (unpaired) electrons. The Balaban J connectivity index is 1.80. The van der Waals surface area contributed by atoms with Crippen molar-refractivity contribution in [1.82, 2.24) is 10.6 Å². The highest BCUT2D eigenvalue weighted by Crippen LogP contribution is 2.25. The van der Waals surface area contributed by atoms with E-state index in [-0.39, 0.29) is 11.8 Å². The first-order valence-electron chi connectivity index (χ1n) is 6.80. The van der Waals surface area contributed by atoms with Gasteiger partial charge in [-0.15, -0.1) is 11.3 Å². The summed E-state index contributed by atoms with van der Waals surface area (Å²) in [5.41, 5.74) is 0.655. The van der Waals surface area contributed by atoms with Crippen molar-refractivity contribution < 1.29 is 9.59 Å². The molecule has 1 aromatic carbocycles. The second-order valence-electron chi connectivity index (χ2n) is 4.96. The lowest BCUT2D eigenvalue weighted by atomic mass is 10.1. The SMILES string of the molecule is O=C(N[C@@H]1CCCCNC1=O)c1csc2ccccc12. The van der Waals surface area contributed by atoms with E-state index in [9.17, 15) is 9.59 Å². The molecule has 1 aliphatic rings. The Hall–Kier alpha value is -1.88. The van der Waals surface area contributed by atoms with E-state index in [1.807, 2.05) is 29.6 Å². The van der Waals surface area contributed by atoms with Gasteiger partial charge in [0.25, 0.3) is 5.91 Å². The summed E-state index contributed by atoms with van der Waals surface area (Å²) in [7, 11) is 0. The lowest BCUT2D eigenvalue weighted by molar-refractivity contribution is -0.122. The van der Waals surface area contributed by atoms with E-state index in [1.165, 1.54) is 0 Å². The first-order valence-corrected chi connectivity index (χ1v) is 7.68. The number of fused-ring (bicyclic) bond motifs is 1. The number of benzene rings is 1. The number of rotatable bonds is 2. The number of carbonyl (C=O) groups is 2. The monoisotopic (exact) mass is 288 g/mol. The lowest BCUT2D eigenvalue weighted by Crippen LogP contribution is -2.45. The second kappa shape index (κ2) is 5.63. The highest BCUT2D eigenvalue weighted by molar-refractivity contribution is 7.17. The van der Waals surface area contributed by atoms with Gasteiger partial charge in [0.1, 0.15) is 6.04 Å². The van der Waals surface area contributed by atoms with E-state index in [0.29, 0.717) is 18.5 Å². The van der Waals surface area contributed by atoms with Crippen LogP contribution in [0.2, 0.25) is 0 Å². The van der Waals surface area contributed by atoms with Crippen molar-refractivity contribution in [2.45, 2.75) is 25.3 Å². The zero-order chi connectivity index (χ0) is 13.9. The largest absolute Gasteiger partial charge is 0.354 e. The molecule has 2 aromatic rings. The van der Waals surface area contributed by atoms with Gasteiger partial charge in [-0.2, -0.15) is 0 Å². The lowest BCUT2D eigenvalue weighted by Gasteiger charge is -2.14. The van der Waals surface area contributed by atoms with Crippen LogP contribution in [0.15, 0.2) is 29.6 Å². The van der Waals surface area contributed by atoms with Gasteiger partial charge in [0.05, 0.1) is 5.56 Å². The van der Waals surface area contributed by atoms with Gasteiger partial charge in [0.2, 0.25) is 5.91 Å². The molecule has 1 saturated heterocycles. The molecule has 2 amide bonds. The summed E-state index contributed by atoms with van der Waals surface area (Å²) in [6.07, 6.45) is 2.63. The molecule has 104 valence electrons. The minimum atomic E-state index is -0.413. The number of thiophene rings is 1. The molecule has 0 bridgehead atoms. The zero-order valence-electron chi connectivity index (χ0n) is 11.0. The molecule has 1 fully saturated rings. The molecule has 0 saturated carbocycles. The summed E-state index contributed by atoms with van der Waals surface area (Å²) >= 11 is 1.55. The Kier molecular flexibility index (Phi) is 3.69. The molecule has 20 heavy (non-hydrogen) atoms. The van der Waals surface area contributed by atoms with Gasteiger partial charge in [-0.25, -0.2) is 0 Å². The molecule has 1 atom stereocenters. The fraction of sp³-hybridized carbons (Fsp3) is 0.333. The highest BCUT2D eigenvalue weighted by Gasteiger charge is 2.23. The van der Waals surface area contributed by atoms with Crippen molar-refractivity contribution in [2.75, 3.05) is 6.54 Å². The van der Waals surface area contributed by atoms with Crippen LogP contribution in [0.4, 0.5) is 0 Å². The van der Waals surface area contributed by atoms with Gasteiger partial charge in [-0.1, -0.05) is 18.2 Å². The molecule has 1 aliphatic heterocycles. The van der Waals surface area contributed by atoms with Crippen molar-refractivity contribution in [3.63, 3.8) is 0 Å². The van der Waals surface area contributed by atoms with Crippen LogP contribution in [-0.4, -0.2) is 24.4 Å². The Bertz CT molecular complexity index is 650. The first kappa shape index (κ1) is 13.1. The Morgan fingerprint density at radius 3 is 3.05 bits per heavy atom. The van der Waals surface area contributed by atoms with Gasteiger partial charge in [-0.05, 0) is 25.3 Å². The molecule has 2 N–H and O–H groups in total. The molecular weight excluding hydrogens is 272 g/mol. The van der Waals surface area contributed by atoms with E-state index >= 15 is 0 Å². The average Bonchev–Trinajstić information content (AvgIpc) is 2.79. The van der Waals surface area contributed by atoms with E-state index in [1.54, 1.807) is 11.3 Å². The summed E-state index contributed by atoms with van der Waals surface area (Å²) < 4.78 is 1.09. The van der Waals surface area contributed by atoms with Crippen LogP contribution in [0.25, 0.3) is 10.1 Å². The number of amides is 2. The molecular formula is C15H16N2O2S. The minimum Gasteiger partial charge on any atom is -0.354 e. The quantitative estimate of drug-likeness (QED) is 0.891. The summed E-state index contributed by atoms with van der Waals surface area (Å²) in [6.45, 7) is 0.701. The van der Waals surface area contributed by atoms with Gasteiger partial charge < -0.3 is 10.6 Å². The smallest absolute Gasteiger partial charge is 0.253 e. The predicted molar refractivity (Wildman–Crippen MR) is 79.9 cm³/mol. The van der Waals surface area contributed by atoms with Crippen molar-refractivity contribution >= 4 is 33.2 Å². The normalized spacial score (nSPS) is 19.4. The fourth-order valence-corrected chi connectivity index (χ4v) is 3.41. The van der Waals surface area contributed by atoms with Crippen LogP contribution in [0.3, 0.4) is 0 Å². The van der Waals surface area contributed by atoms with Crippen LogP contribution in [0.5, 0.6) is 0 Å². The topological polar surface area (TPSA) is 58.2 Å². The van der Waals surface area contributed by atoms with Crippen molar-refractivity contribution in [3.8, 4) is 0 Å². The summed E-state index contributed by atoms with van der Waals surface area (Å²) in [6, 6.07) is 7.40. The molecule has 2 heterocycles. The molecule has 5 heteroatoms. The maximum Gasteiger partial charge on any atom is 0.253 e.